The minimum Gasteiger partial charge on any atom is -0.348 e. The number of hydrogen-bond acceptors (Lipinski definition) is 5. The maximum Gasteiger partial charge on any atom is 0.273 e. The Hall–Kier alpha value is -3.07. The van der Waals surface area contributed by atoms with Gasteiger partial charge in [-0.25, -0.2) is 4.39 Å². The normalized spacial score (nSPS) is 15.1. The van der Waals surface area contributed by atoms with Crippen LogP contribution in [0.15, 0.2) is 36.5 Å². The molecule has 2 aromatic rings. The predicted molar refractivity (Wildman–Crippen MR) is 111 cm³/mol. The highest BCUT2D eigenvalue weighted by atomic mass is 19.1. The lowest BCUT2D eigenvalue weighted by atomic mass is 10.2. The van der Waals surface area contributed by atoms with Crippen LogP contribution in [0.2, 0.25) is 0 Å². The topological polar surface area (TPSA) is 83.4 Å². The highest BCUT2D eigenvalue weighted by Gasteiger charge is 2.20. The lowest BCUT2D eigenvalue weighted by molar-refractivity contribution is -0.127. The van der Waals surface area contributed by atoms with Crippen LogP contribution >= 0.6 is 0 Å². The monoisotopic (exact) mass is 414 g/mol. The molecular formula is C21H27FN6O2. The maximum atomic E-state index is 13.2. The third-order valence-corrected chi connectivity index (χ3v) is 4.79. The number of carbonyl (C=O) groups is 2. The summed E-state index contributed by atoms with van der Waals surface area (Å²) >= 11 is 0. The van der Waals surface area contributed by atoms with Crippen molar-refractivity contribution >= 4 is 17.9 Å². The summed E-state index contributed by atoms with van der Waals surface area (Å²) in [5.74, 6) is -0.621. The highest BCUT2D eigenvalue weighted by Crippen LogP contribution is 2.08. The number of nitrogens with zero attached hydrogens (tertiary/aromatic N) is 5. The van der Waals surface area contributed by atoms with Gasteiger partial charge in [0, 0.05) is 44.8 Å². The van der Waals surface area contributed by atoms with E-state index in [-0.39, 0.29) is 23.7 Å². The summed E-state index contributed by atoms with van der Waals surface area (Å²) in [5, 5.41) is 10.7. The van der Waals surface area contributed by atoms with Crippen LogP contribution in [0.3, 0.4) is 0 Å². The lowest BCUT2D eigenvalue weighted by Crippen LogP contribution is -2.48. The van der Waals surface area contributed by atoms with Gasteiger partial charge in [0.1, 0.15) is 5.82 Å². The van der Waals surface area contributed by atoms with Crippen molar-refractivity contribution in [2.45, 2.75) is 26.4 Å². The maximum absolute atomic E-state index is 13.2. The Morgan fingerprint density at radius 2 is 1.97 bits per heavy atom. The number of benzene rings is 1. The van der Waals surface area contributed by atoms with E-state index in [1.54, 1.807) is 34.0 Å². The second-order valence-corrected chi connectivity index (χ2v) is 7.55. The smallest absolute Gasteiger partial charge is 0.273 e. The molecule has 2 heterocycles. The van der Waals surface area contributed by atoms with E-state index in [0.717, 1.165) is 19.6 Å². The van der Waals surface area contributed by atoms with Crippen molar-refractivity contribution in [3.05, 3.63) is 53.6 Å². The highest BCUT2D eigenvalue weighted by molar-refractivity contribution is 5.92. The van der Waals surface area contributed by atoms with Crippen molar-refractivity contribution in [3.63, 3.8) is 0 Å². The first-order valence-corrected chi connectivity index (χ1v) is 10.1. The van der Waals surface area contributed by atoms with Gasteiger partial charge in [0.05, 0.1) is 12.7 Å². The number of hydrogen-bond donors (Lipinski definition) is 1. The summed E-state index contributed by atoms with van der Waals surface area (Å²) in [4.78, 5) is 28.3. The molecule has 3 rings (SSSR count). The Balaban J connectivity index is 1.42. The number of piperazine rings is 1. The third-order valence-electron chi connectivity index (χ3n) is 4.79. The zero-order chi connectivity index (χ0) is 21.5. The summed E-state index contributed by atoms with van der Waals surface area (Å²) in [6, 6.07) is 6.19. The molecule has 1 saturated heterocycles. The van der Waals surface area contributed by atoms with E-state index in [1.807, 2.05) is 13.8 Å². The van der Waals surface area contributed by atoms with Crippen LogP contribution in [0.5, 0.6) is 0 Å². The molecule has 0 aliphatic carbocycles. The van der Waals surface area contributed by atoms with Gasteiger partial charge in [0.25, 0.3) is 5.91 Å². The van der Waals surface area contributed by atoms with Crippen LogP contribution in [0.4, 0.5) is 4.39 Å². The molecule has 0 atom stereocenters. The molecule has 1 N–H and O–H groups in total. The van der Waals surface area contributed by atoms with E-state index in [4.69, 9.17) is 0 Å². The molecule has 2 amide bonds. The minimum atomic E-state index is -0.321. The molecule has 1 fully saturated rings. The molecule has 9 heteroatoms. The summed E-state index contributed by atoms with van der Waals surface area (Å²) < 4.78 is 14.9. The average molecular weight is 414 g/mol. The van der Waals surface area contributed by atoms with Crippen molar-refractivity contribution in [3.8, 4) is 0 Å². The molecule has 0 unspecified atom stereocenters. The van der Waals surface area contributed by atoms with Crippen molar-refractivity contribution in [1.29, 1.82) is 0 Å². The lowest BCUT2D eigenvalue weighted by Gasteiger charge is -2.34. The molecule has 0 saturated carbocycles. The van der Waals surface area contributed by atoms with Gasteiger partial charge in [-0.1, -0.05) is 17.3 Å². The van der Waals surface area contributed by atoms with Crippen molar-refractivity contribution in [2.24, 2.45) is 0 Å². The number of rotatable bonds is 7. The predicted octanol–water partition coefficient (Wildman–Crippen LogP) is 1.41. The van der Waals surface area contributed by atoms with Gasteiger partial charge >= 0.3 is 0 Å². The first-order chi connectivity index (χ1) is 14.4. The first-order valence-electron chi connectivity index (χ1n) is 10.1. The van der Waals surface area contributed by atoms with E-state index in [0.29, 0.717) is 30.9 Å². The van der Waals surface area contributed by atoms with Gasteiger partial charge in [-0.05, 0) is 37.6 Å². The number of carbonyl (C=O) groups excluding carboxylic acids is 2. The van der Waals surface area contributed by atoms with Gasteiger partial charge in [-0.2, -0.15) is 0 Å². The molecule has 0 radical (unpaired) electrons. The SMILES string of the molecule is CC(C)NC(=O)c1cn(CCN2CCN(C(=O)/C=C\c3cccc(F)c3)CC2)nn1. The fraction of sp³-hybridized carbons (Fsp3) is 0.429. The summed E-state index contributed by atoms with van der Waals surface area (Å²) in [6.07, 6.45) is 4.77. The van der Waals surface area contributed by atoms with Gasteiger partial charge in [-0.15, -0.1) is 5.10 Å². The average Bonchev–Trinajstić information content (AvgIpc) is 3.20. The minimum absolute atomic E-state index is 0.0466. The van der Waals surface area contributed by atoms with E-state index in [2.05, 4.69) is 20.5 Å². The number of nitrogens with one attached hydrogen (secondary N) is 1. The Morgan fingerprint density at radius 1 is 1.20 bits per heavy atom. The number of halogens is 1. The molecule has 0 spiro atoms. The summed E-state index contributed by atoms with van der Waals surface area (Å²) in [5.41, 5.74) is 0.973. The quantitative estimate of drug-likeness (QED) is 0.693. The molecular weight excluding hydrogens is 387 g/mol. The molecule has 30 heavy (non-hydrogen) atoms. The van der Waals surface area contributed by atoms with Crippen molar-refractivity contribution in [2.75, 3.05) is 32.7 Å². The van der Waals surface area contributed by atoms with E-state index in [1.165, 1.54) is 18.2 Å². The Morgan fingerprint density at radius 3 is 2.67 bits per heavy atom. The fourth-order valence-electron chi connectivity index (χ4n) is 3.17. The van der Waals surface area contributed by atoms with Crippen LogP contribution in [-0.4, -0.2) is 75.4 Å². The van der Waals surface area contributed by atoms with Crippen LogP contribution in [-0.2, 0) is 11.3 Å². The van der Waals surface area contributed by atoms with Gasteiger partial charge in [0.2, 0.25) is 5.91 Å². The van der Waals surface area contributed by atoms with E-state index in [9.17, 15) is 14.0 Å². The molecule has 1 aliphatic rings. The molecule has 8 nitrogen and oxygen atoms in total. The molecule has 0 bridgehead atoms. The summed E-state index contributed by atoms with van der Waals surface area (Å²) in [6.45, 7) is 7.94. The Bertz CT molecular complexity index is 902. The fourth-order valence-corrected chi connectivity index (χ4v) is 3.17. The van der Waals surface area contributed by atoms with Gasteiger partial charge < -0.3 is 10.2 Å². The largest absolute Gasteiger partial charge is 0.348 e. The van der Waals surface area contributed by atoms with Crippen LogP contribution in [0, 0.1) is 5.82 Å². The van der Waals surface area contributed by atoms with Gasteiger partial charge in [0.15, 0.2) is 5.69 Å². The van der Waals surface area contributed by atoms with Gasteiger partial charge in [-0.3, -0.25) is 19.2 Å². The van der Waals surface area contributed by atoms with Crippen LogP contribution in [0.1, 0.15) is 29.9 Å². The first kappa shape index (κ1) is 21.6. The zero-order valence-corrected chi connectivity index (χ0v) is 17.3. The number of aromatic nitrogens is 3. The van der Waals surface area contributed by atoms with E-state index < -0.39 is 0 Å². The van der Waals surface area contributed by atoms with E-state index >= 15 is 0 Å². The second kappa shape index (κ2) is 10.1. The molecule has 1 aromatic carbocycles. The molecule has 1 aliphatic heterocycles. The zero-order valence-electron chi connectivity index (χ0n) is 17.3. The standard InChI is InChI=1S/C21H27FN6O2/c1-16(2)23-21(30)19-15-28(25-24-19)13-10-26-8-11-27(12-9-26)20(29)7-6-17-4-3-5-18(22)14-17/h3-7,14-16H,8-13H2,1-2H3,(H,23,30)/b7-6-. The van der Waals surface area contributed by atoms with Crippen molar-refractivity contribution < 1.29 is 14.0 Å². The van der Waals surface area contributed by atoms with Crippen LogP contribution < -0.4 is 5.32 Å². The molecule has 1 aromatic heterocycles. The Kier molecular flexibility index (Phi) is 7.29. The van der Waals surface area contributed by atoms with Crippen molar-refractivity contribution in [1.82, 2.24) is 30.1 Å². The van der Waals surface area contributed by atoms with Crippen LogP contribution in [0.25, 0.3) is 6.08 Å². The molecule has 160 valence electrons. The Labute approximate surface area is 175 Å². The third kappa shape index (κ3) is 6.21. The summed E-state index contributed by atoms with van der Waals surface area (Å²) in [7, 11) is 0. The second-order valence-electron chi connectivity index (χ2n) is 7.55. The number of amides is 2.